The molecule has 2 amide bonds. The van der Waals surface area contributed by atoms with Gasteiger partial charge in [0.1, 0.15) is 11.6 Å². The van der Waals surface area contributed by atoms with Crippen LogP contribution in [0.15, 0.2) is 18.2 Å². The first-order chi connectivity index (χ1) is 8.52. The number of nitrogens with one attached hydrogen (secondary N) is 2. The third kappa shape index (κ3) is 4.26. The molecule has 7 nitrogen and oxygen atoms in total. The number of carboxylic acid groups (broad SMARTS) is 1. The van der Waals surface area contributed by atoms with Crippen LogP contribution in [-0.2, 0) is 9.63 Å². The summed E-state index contributed by atoms with van der Waals surface area (Å²) < 4.78 is 18.1. The summed E-state index contributed by atoms with van der Waals surface area (Å²) in [7, 11) is 1.40. The predicted octanol–water partition coefficient (Wildman–Crippen LogP) is 0.972. The van der Waals surface area contributed by atoms with Crippen molar-refractivity contribution in [3.05, 3.63) is 24.0 Å². The Labute approximate surface area is 101 Å². The van der Waals surface area contributed by atoms with Crippen molar-refractivity contribution < 1.29 is 28.7 Å². The molecule has 3 N–H and O–H groups in total. The molecule has 1 rings (SSSR count). The Kier molecular flexibility index (Phi) is 4.88. The third-order valence-corrected chi connectivity index (χ3v) is 1.78. The minimum absolute atomic E-state index is 0.120. The van der Waals surface area contributed by atoms with Gasteiger partial charge in [-0.15, -0.1) is 0 Å². The molecular formula is C10H11FN2O5. The van der Waals surface area contributed by atoms with Gasteiger partial charge in [0.15, 0.2) is 6.61 Å². The standard InChI is InChI=1S/C10H11FN2O5/c1-17-6-2-3-7(11)8(4-6)12-10(16)13-18-5-9(14)15/h2-4H,5H2,1H3,(H,14,15)(H2,12,13,16). The van der Waals surface area contributed by atoms with Crippen LogP contribution in [0.4, 0.5) is 14.9 Å². The molecule has 0 atom stereocenters. The Morgan fingerprint density at radius 2 is 2.17 bits per heavy atom. The van der Waals surface area contributed by atoms with Crippen LogP contribution in [0.5, 0.6) is 5.75 Å². The van der Waals surface area contributed by atoms with E-state index in [2.05, 4.69) is 10.2 Å². The number of rotatable bonds is 5. The fraction of sp³-hybridized carbons (Fsp3) is 0.200. The van der Waals surface area contributed by atoms with Crippen LogP contribution in [0.2, 0.25) is 0 Å². The zero-order valence-corrected chi connectivity index (χ0v) is 9.40. The molecule has 0 bridgehead atoms. The molecule has 0 saturated heterocycles. The number of anilines is 1. The van der Waals surface area contributed by atoms with Gasteiger partial charge in [0.25, 0.3) is 0 Å². The summed E-state index contributed by atoms with van der Waals surface area (Å²) in [4.78, 5) is 25.6. The van der Waals surface area contributed by atoms with E-state index in [0.717, 1.165) is 6.07 Å². The van der Waals surface area contributed by atoms with Crippen LogP contribution in [0.25, 0.3) is 0 Å². The molecule has 0 unspecified atom stereocenters. The summed E-state index contributed by atoms with van der Waals surface area (Å²) in [5.41, 5.74) is 1.67. The summed E-state index contributed by atoms with van der Waals surface area (Å²) in [6.07, 6.45) is 0. The molecule has 8 heteroatoms. The number of ether oxygens (including phenoxy) is 1. The lowest BCUT2D eigenvalue weighted by Crippen LogP contribution is -2.31. The lowest BCUT2D eigenvalue weighted by molar-refractivity contribution is -0.143. The number of hydrogen-bond donors (Lipinski definition) is 3. The van der Waals surface area contributed by atoms with Crippen LogP contribution in [0, 0.1) is 5.82 Å². The second-order valence-electron chi connectivity index (χ2n) is 3.08. The number of hydrogen-bond acceptors (Lipinski definition) is 4. The maximum atomic E-state index is 13.3. The minimum atomic E-state index is -1.25. The van der Waals surface area contributed by atoms with E-state index < -0.39 is 24.4 Å². The van der Waals surface area contributed by atoms with E-state index >= 15 is 0 Å². The van der Waals surface area contributed by atoms with Gasteiger partial charge in [-0.3, -0.25) is 4.84 Å². The molecule has 0 saturated carbocycles. The molecular weight excluding hydrogens is 247 g/mol. The SMILES string of the molecule is COc1ccc(F)c(NC(=O)NOCC(=O)O)c1. The molecule has 0 heterocycles. The molecule has 0 aliphatic carbocycles. The lowest BCUT2D eigenvalue weighted by atomic mass is 10.3. The number of amides is 2. The van der Waals surface area contributed by atoms with Crippen LogP contribution < -0.4 is 15.5 Å². The predicted molar refractivity (Wildman–Crippen MR) is 58.7 cm³/mol. The van der Waals surface area contributed by atoms with Gasteiger partial charge in [-0.05, 0) is 12.1 Å². The Morgan fingerprint density at radius 3 is 2.78 bits per heavy atom. The molecule has 0 fully saturated rings. The van der Waals surface area contributed by atoms with Crippen molar-refractivity contribution in [2.45, 2.75) is 0 Å². The summed E-state index contributed by atoms with van der Waals surface area (Å²) in [5, 5.41) is 10.4. The van der Waals surface area contributed by atoms with Crippen molar-refractivity contribution in [2.24, 2.45) is 0 Å². The summed E-state index contributed by atoms with van der Waals surface area (Å²) in [6, 6.07) is 2.88. The van der Waals surface area contributed by atoms with Gasteiger partial charge in [-0.1, -0.05) is 0 Å². The summed E-state index contributed by atoms with van der Waals surface area (Å²) >= 11 is 0. The van der Waals surface area contributed by atoms with E-state index in [1.807, 2.05) is 0 Å². The zero-order valence-electron chi connectivity index (χ0n) is 9.40. The fourth-order valence-corrected chi connectivity index (χ4v) is 1.04. The number of hydroxylamine groups is 1. The van der Waals surface area contributed by atoms with Gasteiger partial charge in [-0.2, -0.15) is 0 Å². The molecule has 98 valence electrons. The van der Waals surface area contributed by atoms with Gasteiger partial charge < -0.3 is 15.2 Å². The zero-order chi connectivity index (χ0) is 13.5. The minimum Gasteiger partial charge on any atom is -0.497 e. The molecule has 0 aliphatic heterocycles. The fourth-order valence-electron chi connectivity index (χ4n) is 1.04. The first kappa shape index (κ1) is 13.7. The highest BCUT2D eigenvalue weighted by atomic mass is 19.1. The second-order valence-corrected chi connectivity index (χ2v) is 3.08. The number of halogens is 1. The van der Waals surface area contributed by atoms with Crippen molar-refractivity contribution in [2.75, 3.05) is 19.0 Å². The van der Waals surface area contributed by atoms with Gasteiger partial charge in [-0.25, -0.2) is 19.5 Å². The molecule has 18 heavy (non-hydrogen) atoms. The molecule has 0 aromatic heterocycles. The van der Waals surface area contributed by atoms with E-state index in [4.69, 9.17) is 9.84 Å². The Hall–Kier alpha value is -2.35. The Balaban J connectivity index is 2.55. The van der Waals surface area contributed by atoms with Gasteiger partial charge in [0.2, 0.25) is 0 Å². The van der Waals surface area contributed by atoms with Crippen LogP contribution in [-0.4, -0.2) is 30.8 Å². The molecule has 0 radical (unpaired) electrons. The van der Waals surface area contributed by atoms with Gasteiger partial charge in [0, 0.05) is 6.07 Å². The highest BCUT2D eigenvalue weighted by molar-refractivity contribution is 5.89. The second kappa shape index (κ2) is 6.40. The number of aliphatic carboxylic acids is 1. The van der Waals surface area contributed by atoms with E-state index in [-0.39, 0.29) is 5.69 Å². The van der Waals surface area contributed by atoms with Crippen molar-refractivity contribution in [3.63, 3.8) is 0 Å². The number of carbonyl (C=O) groups is 2. The third-order valence-electron chi connectivity index (χ3n) is 1.78. The van der Waals surface area contributed by atoms with Crippen molar-refractivity contribution in [1.82, 2.24) is 5.48 Å². The average Bonchev–Trinajstić information content (AvgIpc) is 2.31. The van der Waals surface area contributed by atoms with E-state index in [1.165, 1.54) is 19.2 Å². The number of carboxylic acids is 1. The van der Waals surface area contributed by atoms with Crippen LogP contribution in [0.1, 0.15) is 0 Å². The van der Waals surface area contributed by atoms with Gasteiger partial charge in [0.05, 0.1) is 12.8 Å². The van der Waals surface area contributed by atoms with Crippen molar-refractivity contribution in [1.29, 1.82) is 0 Å². The quantitative estimate of drug-likeness (QED) is 0.684. The number of carbonyl (C=O) groups excluding carboxylic acids is 1. The maximum absolute atomic E-state index is 13.3. The molecule has 1 aromatic carbocycles. The molecule has 0 spiro atoms. The van der Waals surface area contributed by atoms with Crippen molar-refractivity contribution in [3.8, 4) is 5.75 Å². The highest BCUT2D eigenvalue weighted by Gasteiger charge is 2.08. The van der Waals surface area contributed by atoms with Crippen LogP contribution >= 0.6 is 0 Å². The largest absolute Gasteiger partial charge is 0.497 e. The molecule has 1 aromatic rings. The van der Waals surface area contributed by atoms with Crippen LogP contribution in [0.3, 0.4) is 0 Å². The number of methoxy groups -OCH3 is 1. The monoisotopic (exact) mass is 258 g/mol. The topological polar surface area (TPSA) is 96.9 Å². The van der Waals surface area contributed by atoms with Gasteiger partial charge >= 0.3 is 12.0 Å². The average molecular weight is 258 g/mol. The Bertz CT molecular complexity index is 452. The van der Waals surface area contributed by atoms with Crippen molar-refractivity contribution >= 4 is 17.7 Å². The Morgan fingerprint density at radius 1 is 1.44 bits per heavy atom. The van der Waals surface area contributed by atoms with E-state index in [0.29, 0.717) is 5.75 Å². The summed E-state index contributed by atoms with van der Waals surface area (Å²) in [5.74, 6) is -1.55. The first-order valence-electron chi connectivity index (χ1n) is 4.77. The number of urea groups is 1. The smallest absolute Gasteiger partial charge is 0.343 e. The number of benzene rings is 1. The molecule has 0 aliphatic rings. The highest BCUT2D eigenvalue weighted by Crippen LogP contribution is 2.20. The normalized spacial score (nSPS) is 9.67. The summed E-state index contributed by atoms with van der Waals surface area (Å²) in [6.45, 7) is -0.700. The maximum Gasteiger partial charge on any atom is 0.343 e. The van der Waals surface area contributed by atoms with E-state index in [1.54, 1.807) is 5.48 Å². The lowest BCUT2D eigenvalue weighted by Gasteiger charge is -2.08. The first-order valence-corrected chi connectivity index (χ1v) is 4.77. The van der Waals surface area contributed by atoms with E-state index in [9.17, 15) is 14.0 Å².